The predicted octanol–water partition coefficient (Wildman–Crippen LogP) is 1.50. The summed E-state index contributed by atoms with van der Waals surface area (Å²) in [5.41, 5.74) is -0.651. The maximum Gasteiger partial charge on any atom is 0.333 e. The fourth-order valence-corrected chi connectivity index (χ4v) is 5.84. The van der Waals surface area contributed by atoms with E-state index in [4.69, 9.17) is 0 Å². The molecule has 1 saturated heterocycles. The van der Waals surface area contributed by atoms with Gasteiger partial charge in [0.1, 0.15) is 11.5 Å². The number of thioether (sulfide) groups is 1. The van der Waals surface area contributed by atoms with Crippen LogP contribution >= 0.6 is 11.8 Å². The van der Waals surface area contributed by atoms with Crippen molar-refractivity contribution in [1.29, 1.82) is 0 Å². The average molecular weight is 478 g/mol. The van der Waals surface area contributed by atoms with Crippen molar-refractivity contribution in [2.45, 2.75) is 63.6 Å². The van der Waals surface area contributed by atoms with E-state index in [9.17, 15) is 23.6 Å². The topological polar surface area (TPSA) is 115 Å². The zero-order chi connectivity index (χ0) is 23.5. The van der Waals surface area contributed by atoms with Gasteiger partial charge in [-0.2, -0.15) is 11.8 Å². The lowest BCUT2D eigenvalue weighted by atomic mass is 9.91. The Bertz CT molecular complexity index is 1170. The molecule has 0 unspecified atom stereocenters. The van der Waals surface area contributed by atoms with Crippen molar-refractivity contribution >= 4 is 34.6 Å². The highest BCUT2D eigenvalue weighted by Gasteiger charge is 2.29. The van der Waals surface area contributed by atoms with Gasteiger partial charge in [-0.15, -0.1) is 0 Å². The summed E-state index contributed by atoms with van der Waals surface area (Å²) in [6.45, 7) is 1.27. The van der Waals surface area contributed by atoms with Crippen LogP contribution in [0.15, 0.2) is 21.9 Å². The van der Waals surface area contributed by atoms with E-state index in [1.54, 1.807) is 4.57 Å². The first kappa shape index (κ1) is 23.5. The molecule has 11 heteroatoms. The molecular weight excluding hydrogens is 449 g/mol. The summed E-state index contributed by atoms with van der Waals surface area (Å²) in [6.07, 6.45) is 4.91. The molecule has 4 rings (SSSR count). The van der Waals surface area contributed by atoms with Gasteiger partial charge in [0, 0.05) is 25.0 Å². The van der Waals surface area contributed by atoms with Gasteiger partial charge in [0.2, 0.25) is 11.8 Å². The van der Waals surface area contributed by atoms with Crippen LogP contribution in [0.3, 0.4) is 0 Å². The van der Waals surface area contributed by atoms with E-state index >= 15 is 0 Å². The number of pyridine rings is 1. The number of fused-ring (bicyclic) bond motifs is 1. The van der Waals surface area contributed by atoms with Crippen LogP contribution in [0, 0.1) is 5.82 Å². The summed E-state index contributed by atoms with van der Waals surface area (Å²) in [4.78, 5) is 53.9. The molecule has 2 aromatic heterocycles. The Kier molecular flexibility index (Phi) is 7.16. The number of carbonyl (C=O) groups excluding carboxylic acids is 2. The Labute approximate surface area is 194 Å². The van der Waals surface area contributed by atoms with Crippen LogP contribution in [0.1, 0.15) is 57.5 Å². The molecule has 0 bridgehead atoms. The number of halogens is 1. The number of rotatable bonds is 5. The lowest BCUT2D eigenvalue weighted by molar-refractivity contribution is -0.125. The third-order valence-corrected chi connectivity index (χ3v) is 7.45. The lowest BCUT2D eigenvalue weighted by Gasteiger charge is -2.31. The van der Waals surface area contributed by atoms with Crippen LogP contribution in [0.2, 0.25) is 0 Å². The molecule has 2 aliphatic rings. The number of aromatic nitrogens is 3. The Morgan fingerprint density at radius 3 is 2.42 bits per heavy atom. The largest absolute Gasteiger partial charge is 0.352 e. The minimum absolute atomic E-state index is 0.0736. The van der Waals surface area contributed by atoms with Crippen LogP contribution in [0.25, 0.3) is 11.0 Å². The molecule has 0 atom stereocenters. The van der Waals surface area contributed by atoms with Crippen molar-refractivity contribution in [1.82, 2.24) is 24.8 Å². The summed E-state index contributed by atoms with van der Waals surface area (Å²) in [7, 11) is 0. The van der Waals surface area contributed by atoms with Crippen LogP contribution in [-0.2, 0) is 9.59 Å². The summed E-state index contributed by atoms with van der Waals surface area (Å²) < 4.78 is 16.9. The molecule has 178 valence electrons. The first-order chi connectivity index (χ1) is 15.8. The number of nitrogens with zero attached hydrogens (tertiary/aromatic N) is 3. The van der Waals surface area contributed by atoms with E-state index in [1.807, 2.05) is 11.8 Å². The van der Waals surface area contributed by atoms with E-state index in [0.717, 1.165) is 30.5 Å². The van der Waals surface area contributed by atoms with E-state index < -0.39 is 11.4 Å². The molecule has 2 amide bonds. The fourth-order valence-electron chi connectivity index (χ4n) is 4.76. The molecule has 1 saturated carbocycles. The molecule has 0 spiro atoms. The van der Waals surface area contributed by atoms with Crippen molar-refractivity contribution in [2.75, 3.05) is 18.1 Å². The minimum Gasteiger partial charge on any atom is -0.352 e. The second-order valence-electron chi connectivity index (χ2n) is 8.68. The molecule has 0 radical (unpaired) electrons. The van der Waals surface area contributed by atoms with Gasteiger partial charge in [-0.1, -0.05) is 0 Å². The van der Waals surface area contributed by atoms with Gasteiger partial charge in [-0.25, -0.2) is 14.2 Å². The molecule has 0 aromatic carbocycles. The predicted molar refractivity (Wildman–Crippen MR) is 124 cm³/mol. The number of amides is 2. The van der Waals surface area contributed by atoms with Crippen LogP contribution in [-0.4, -0.2) is 50.0 Å². The molecule has 1 aliphatic heterocycles. The van der Waals surface area contributed by atoms with Crippen molar-refractivity contribution in [2.24, 2.45) is 0 Å². The van der Waals surface area contributed by atoms with Gasteiger partial charge in [0.25, 0.3) is 5.56 Å². The van der Waals surface area contributed by atoms with Crippen LogP contribution in [0.4, 0.5) is 4.39 Å². The van der Waals surface area contributed by atoms with Gasteiger partial charge in [0.15, 0.2) is 0 Å². The Morgan fingerprint density at radius 2 is 1.76 bits per heavy atom. The Morgan fingerprint density at radius 1 is 1.09 bits per heavy atom. The minimum atomic E-state index is -0.610. The molecule has 1 aliphatic carbocycles. The number of hydrogen-bond donors (Lipinski definition) is 2. The summed E-state index contributed by atoms with van der Waals surface area (Å²) >= 11 is 1.83. The Hall–Kier alpha value is -2.69. The van der Waals surface area contributed by atoms with Gasteiger partial charge in [0.05, 0.1) is 18.1 Å². The van der Waals surface area contributed by atoms with Crippen molar-refractivity contribution < 1.29 is 14.0 Å². The number of nitrogens with one attached hydrogen (secondary N) is 2. The molecule has 2 N–H and O–H groups in total. The van der Waals surface area contributed by atoms with Crippen LogP contribution in [0.5, 0.6) is 0 Å². The van der Waals surface area contributed by atoms with E-state index in [2.05, 4.69) is 15.6 Å². The molecule has 33 heavy (non-hydrogen) atoms. The highest BCUT2D eigenvalue weighted by molar-refractivity contribution is 7.99. The summed E-state index contributed by atoms with van der Waals surface area (Å²) in [6, 6.07) is 0.680. The second kappa shape index (κ2) is 10.1. The van der Waals surface area contributed by atoms with Gasteiger partial charge >= 0.3 is 5.69 Å². The van der Waals surface area contributed by atoms with Crippen LogP contribution < -0.4 is 21.9 Å². The third kappa shape index (κ3) is 5.13. The normalized spacial score (nSPS) is 21.6. The molecular formula is C22H28FN5O4S. The molecule has 9 nitrogen and oxygen atoms in total. The smallest absolute Gasteiger partial charge is 0.333 e. The van der Waals surface area contributed by atoms with E-state index in [1.165, 1.54) is 17.6 Å². The molecule has 3 heterocycles. The Balaban J connectivity index is 1.61. The number of carbonyl (C=O) groups is 2. The standard InChI is InChI=1S/C22H28FN5O4S/c1-13(29)24-12-19(30)26-15-2-4-16(5-3-15)28-21(31)18-10-14(23)11-25-20(18)27(22(28)32)17-6-8-33-9-7-17/h10-11,15-17H,2-9,12H2,1H3,(H,24,29)(H,26,30). The fraction of sp³-hybridized carbons (Fsp3) is 0.591. The van der Waals surface area contributed by atoms with E-state index in [-0.39, 0.29) is 53.2 Å². The van der Waals surface area contributed by atoms with Gasteiger partial charge < -0.3 is 10.6 Å². The van der Waals surface area contributed by atoms with Crippen molar-refractivity contribution in [3.05, 3.63) is 38.9 Å². The zero-order valence-corrected chi connectivity index (χ0v) is 19.3. The quantitative estimate of drug-likeness (QED) is 0.675. The summed E-state index contributed by atoms with van der Waals surface area (Å²) in [5, 5.41) is 5.48. The maximum absolute atomic E-state index is 14.0. The number of hydrogen-bond acceptors (Lipinski definition) is 6. The average Bonchev–Trinajstić information content (AvgIpc) is 2.80. The maximum atomic E-state index is 14.0. The van der Waals surface area contributed by atoms with E-state index in [0.29, 0.717) is 25.7 Å². The second-order valence-corrected chi connectivity index (χ2v) is 9.90. The van der Waals surface area contributed by atoms with Crippen molar-refractivity contribution in [3.8, 4) is 0 Å². The molecule has 2 aromatic rings. The highest BCUT2D eigenvalue weighted by Crippen LogP contribution is 2.30. The lowest BCUT2D eigenvalue weighted by Crippen LogP contribution is -2.47. The monoisotopic (exact) mass is 477 g/mol. The SMILES string of the molecule is CC(=O)NCC(=O)NC1CCC(n2c(=O)c3cc(F)cnc3n(C3CCSCC3)c2=O)CC1. The highest BCUT2D eigenvalue weighted by atomic mass is 32.2. The molecule has 2 fully saturated rings. The first-order valence-electron chi connectivity index (χ1n) is 11.3. The summed E-state index contributed by atoms with van der Waals surface area (Å²) in [5.74, 6) is 0.685. The first-order valence-corrected chi connectivity index (χ1v) is 12.4. The van der Waals surface area contributed by atoms with Crippen molar-refractivity contribution in [3.63, 3.8) is 0 Å². The van der Waals surface area contributed by atoms with Gasteiger partial charge in [-0.05, 0) is 56.1 Å². The third-order valence-electron chi connectivity index (χ3n) is 6.40. The van der Waals surface area contributed by atoms with Gasteiger partial charge in [-0.3, -0.25) is 23.5 Å². The zero-order valence-electron chi connectivity index (χ0n) is 18.5.